The predicted octanol–water partition coefficient (Wildman–Crippen LogP) is 3.53. The van der Waals surface area contributed by atoms with E-state index in [0.29, 0.717) is 44.0 Å². The molecule has 0 bridgehead atoms. The summed E-state index contributed by atoms with van der Waals surface area (Å²) in [6, 6.07) is 4.76. The number of nitrogens with zero attached hydrogens (tertiary/aromatic N) is 4. The summed E-state index contributed by atoms with van der Waals surface area (Å²) in [6.07, 6.45) is -3.74. The standard InChI is InChI=1S/C22H25ClF3N5O3/c23-17-10-15(9-16(11-17)22(24,25)26)14-34-21(33)30-6-2-7-31-18(13-30)12-19(28-31)20(32)29-5-1-3-27-4-8-29/h9-12,27H,1-8,13-14H2. The van der Waals surface area contributed by atoms with Crippen molar-refractivity contribution in [2.24, 2.45) is 0 Å². The summed E-state index contributed by atoms with van der Waals surface area (Å²) in [4.78, 5) is 28.8. The van der Waals surface area contributed by atoms with Gasteiger partial charge in [-0.05, 0) is 49.2 Å². The number of carbonyl (C=O) groups is 2. The maximum Gasteiger partial charge on any atom is 0.416 e. The van der Waals surface area contributed by atoms with Crippen LogP contribution in [0.15, 0.2) is 24.3 Å². The fraction of sp³-hybridized carbons (Fsp3) is 0.500. The smallest absolute Gasteiger partial charge is 0.416 e. The zero-order valence-corrected chi connectivity index (χ0v) is 19.2. The zero-order valence-electron chi connectivity index (χ0n) is 18.4. The number of amides is 2. The van der Waals surface area contributed by atoms with Gasteiger partial charge in [0.1, 0.15) is 6.61 Å². The Morgan fingerprint density at radius 3 is 2.62 bits per heavy atom. The van der Waals surface area contributed by atoms with Crippen LogP contribution >= 0.6 is 11.6 Å². The number of aryl methyl sites for hydroxylation is 1. The van der Waals surface area contributed by atoms with Crippen LogP contribution in [0.25, 0.3) is 0 Å². The van der Waals surface area contributed by atoms with E-state index in [2.05, 4.69) is 10.4 Å². The van der Waals surface area contributed by atoms with Crippen LogP contribution in [-0.4, -0.2) is 64.3 Å². The quantitative estimate of drug-likeness (QED) is 0.699. The van der Waals surface area contributed by atoms with Gasteiger partial charge in [0.2, 0.25) is 0 Å². The second kappa shape index (κ2) is 10.2. The molecule has 0 saturated carbocycles. The number of nitrogens with one attached hydrogen (secondary N) is 1. The summed E-state index contributed by atoms with van der Waals surface area (Å²) >= 11 is 5.80. The third-order valence-corrected chi connectivity index (χ3v) is 5.98. The number of hydrogen-bond donors (Lipinski definition) is 1. The number of fused-ring (bicyclic) bond motifs is 1. The largest absolute Gasteiger partial charge is 0.445 e. The lowest BCUT2D eigenvalue weighted by molar-refractivity contribution is -0.137. The average molecular weight is 500 g/mol. The third-order valence-electron chi connectivity index (χ3n) is 5.77. The van der Waals surface area contributed by atoms with Crippen LogP contribution in [-0.2, 0) is 30.6 Å². The van der Waals surface area contributed by atoms with E-state index in [1.807, 2.05) is 0 Å². The Morgan fingerprint density at radius 1 is 1.03 bits per heavy atom. The highest BCUT2D eigenvalue weighted by molar-refractivity contribution is 6.30. The summed E-state index contributed by atoms with van der Waals surface area (Å²) in [5.41, 5.74) is 0.286. The lowest BCUT2D eigenvalue weighted by Crippen LogP contribution is -2.34. The van der Waals surface area contributed by atoms with Gasteiger partial charge in [0.25, 0.3) is 5.91 Å². The highest BCUT2D eigenvalue weighted by atomic mass is 35.5. The zero-order chi connectivity index (χ0) is 24.3. The van der Waals surface area contributed by atoms with E-state index in [-0.39, 0.29) is 29.6 Å². The normalized spacial score (nSPS) is 17.1. The van der Waals surface area contributed by atoms with E-state index >= 15 is 0 Å². The summed E-state index contributed by atoms with van der Waals surface area (Å²) < 4.78 is 46.0. The first-order valence-corrected chi connectivity index (χ1v) is 11.4. The van der Waals surface area contributed by atoms with Crippen molar-refractivity contribution < 1.29 is 27.5 Å². The molecule has 0 radical (unpaired) electrons. The summed E-state index contributed by atoms with van der Waals surface area (Å²) in [5.74, 6) is -0.139. The lowest BCUT2D eigenvalue weighted by Gasteiger charge is -2.20. The van der Waals surface area contributed by atoms with Crippen LogP contribution < -0.4 is 5.32 Å². The molecule has 12 heteroatoms. The molecule has 184 valence electrons. The Labute approximate surface area is 199 Å². The number of alkyl halides is 3. The Kier molecular flexibility index (Phi) is 7.32. The number of hydrogen-bond acceptors (Lipinski definition) is 5. The molecule has 2 aromatic rings. The molecule has 0 unspecified atom stereocenters. The molecule has 0 spiro atoms. The minimum Gasteiger partial charge on any atom is -0.445 e. The van der Waals surface area contributed by atoms with Gasteiger partial charge >= 0.3 is 12.3 Å². The number of benzene rings is 1. The number of ether oxygens (including phenoxy) is 1. The summed E-state index contributed by atoms with van der Waals surface area (Å²) in [6.45, 7) is 3.65. The number of halogens is 4. The molecule has 34 heavy (non-hydrogen) atoms. The average Bonchev–Trinajstić information content (AvgIpc) is 2.96. The molecule has 4 rings (SSSR count). The van der Waals surface area contributed by atoms with Crippen LogP contribution in [0.3, 0.4) is 0 Å². The van der Waals surface area contributed by atoms with Gasteiger partial charge in [0, 0.05) is 37.7 Å². The second-order valence-corrected chi connectivity index (χ2v) is 8.75. The van der Waals surface area contributed by atoms with Crippen molar-refractivity contribution in [2.45, 2.75) is 38.7 Å². The van der Waals surface area contributed by atoms with Crippen molar-refractivity contribution in [3.8, 4) is 0 Å². The number of aromatic nitrogens is 2. The van der Waals surface area contributed by atoms with Gasteiger partial charge in [0.15, 0.2) is 5.69 Å². The van der Waals surface area contributed by atoms with Crippen LogP contribution in [0.5, 0.6) is 0 Å². The fourth-order valence-corrected chi connectivity index (χ4v) is 4.32. The molecule has 0 atom stereocenters. The Bertz CT molecular complexity index is 1050. The monoisotopic (exact) mass is 499 g/mol. The third kappa shape index (κ3) is 5.82. The molecule has 2 aliphatic heterocycles. The minimum atomic E-state index is -4.55. The molecule has 2 amide bonds. The van der Waals surface area contributed by atoms with Gasteiger partial charge in [-0.2, -0.15) is 18.3 Å². The maximum atomic E-state index is 13.0. The van der Waals surface area contributed by atoms with Crippen molar-refractivity contribution in [1.82, 2.24) is 24.9 Å². The van der Waals surface area contributed by atoms with E-state index in [1.165, 1.54) is 11.0 Å². The Morgan fingerprint density at radius 2 is 1.82 bits per heavy atom. The van der Waals surface area contributed by atoms with Crippen molar-refractivity contribution >= 4 is 23.6 Å². The summed E-state index contributed by atoms with van der Waals surface area (Å²) in [7, 11) is 0. The minimum absolute atomic E-state index is 0.0862. The molecule has 2 aliphatic rings. The molecule has 3 heterocycles. The second-order valence-electron chi connectivity index (χ2n) is 8.32. The maximum absolute atomic E-state index is 13.0. The molecule has 8 nitrogen and oxygen atoms in total. The molecule has 1 aromatic carbocycles. The van der Waals surface area contributed by atoms with Gasteiger partial charge < -0.3 is 19.9 Å². The predicted molar refractivity (Wildman–Crippen MR) is 117 cm³/mol. The van der Waals surface area contributed by atoms with Crippen molar-refractivity contribution in [3.05, 3.63) is 51.8 Å². The van der Waals surface area contributed by atoms with Gasteiger partial charge in [-0.25, -0.2) is 4.79 Å². The van der Waals surface area contributed by atoms with E-state index < -0.39 is 17.8 Å². The Balaban J connectivity index is 1.40. The van der Waals surface area contributed by atoms with Gasteiger partial charge in [-0.1, -0.05) is 11.6 Å². The van der Waals surface area contributed by atoms with E-state index in [1.54, 1.807) is 15.6 Å². The SMILES string of the molecule is O=C(OCc1cc(Cl)cc(C(F)(F)F)c1)N1CCCn2nc(C(=O)N3CCCNCC3)cc2C1. The van der Waals surface area contributed by atoms with Crippen molar-refractivity contribution in [3.63, 3.8) is 0 Å². The van der Waals surface area contributed by atoms with Crippen molar-refractivity contribution in [1.29, 1.82) is 0 Å². The van der Waals surface area contributed by atoms with Crippen molar-refractivity contribution in [2.75, 3.05) is 32.7 Å². The highest BCUT2D eigenvalue weighted by Gasteiger charge is 2.31. The van der Waals surface area contributed by atoms with Crippen LogP contribution in [0, 0.1) is 0 Å². The van der Waals surface area contributed by atoms with Gasteiger partial charge in [-0.3, -0.25) is 9.48 Å². The first-order chi connectivity index (χ1) is 16.2. The number of rotatable bonds is 3. The molecule has 1 fully saturated rings. The molecule has 1 aromatic heterocycles. The van der Waals surface area contributed by atoms with E-state index in [9.17, 15) is 22.8 Å². The first kappa shape index (κ1) is 24.3. The number of carbonyl (C=O) groups excluding carboxylic acids is 2. The van der Waals surface area contributed by atoms with Gasteiger partial charge in [-0.15, -0.1) is 0 Å². The molecule has 1 N–H and O–H groups in total. The molecule has 1 saturated heterocycles. The molecular weight excluding hydrogens is 475 g/mol. The first-order valence-electron chi connectivity index (χ1n) is 11.1. The van der Waals surface area contributed by atoms with Crippen LogP contribution in [0.1, 0.15) is 40.2 Å². The van der Waals surface area contributed by atoms with E-state index in [4.69, 9.17) is 16.3 Å². The topological polar surface area (TPSA) is 79.7 Å². The lowest BCUT2D eigenvalue weighted by atomic mass is 10.1. The van der Waals surface area contributed by atoms with Crippen LogP contribution in [0.2, 0.25) is 5.02 Å². The van der Waals surface area contributed by atoms with Crippen LogP contribution in [0.4, 0.5) is 18.0 Å². The van der Waals surface area contributed by atoms with E-state index in [0.717, 1.165) is 31.6 Å². The van der Waals surface area contributed by atoms with Gasteiger partial charge in [0.05, 0.1) is 17.8 Å². The molecular formula is C22H25ClF3N5O3. The fourth-order valence-electron chi connectivity index (χ4n) is 4.07. The Hall–Kier alpha value is -2.79. The molecule has 0 aliphatic carbocycles. The highest BCUT2D eigenvalue weighted by Crippen LogP contribution is 2.32. The summed E-state index contributed by atoms with van der Waals surface area (Å²) in [5, 5.41) is 7.62.